The highest BCUT2D eigenvalue weighted by molar-refractivity contribution is 7.90. The maximum absolute atomic E-state index is 12.9. The van der Waals surface area contributed by atoms with E-state index in [9.17, 15) is 13.2 Å². The first kappa shape index (κ1) is 16.8. The number of nitrogens with one attached hydrogen (secondary N) is 2. The molecule has 134 valence electrons. The van der Waals surface area contributed by atoms with Crippen LogP contribution >= 0.6 is 0 Å². The lowest BCUT2D eigenvalue weighted by atomic mass is 9.90. The van der Waals surface area contributed by atoms with Gasteiger partial charge in [-0.25, -0.2) is 13.1 Å². The largest absolute Gasteiger partial charge is 0.278 e. The van der Waals surface area contributed by atoms with Gasteiger partial charge >= 0.3 is 0 Å². The summed E-state index contributed by atoms with van der Waals surface area (Å²) in [5.74, 6) is -0.466. The van der Waals surface area contributed by atoms with Gasteiger partial charge in [-0.05, 0) is 49.9 Å². The number of fused-ring (bicyclic) bond motifs is 1. The van der Waals surface area contributed by atoms with Gasteiger partial charge in [0.2, 0.25) is 5.91 Å². The lowest BCUT2D eigenvalue weighted by Gasteiger charge is -2.19. The predicted molar refractivity (Wildman–Crippen MR) is 98.3 cm³/mol. The summed E-state index contributed by atoms with van der Waals surface area (Å²) in [4.78, 5) is 13.0. The molecule has 0 atom stereocenters. The van der Waals surface area contributed by atoms with Crippen molar-refractivity contribution in [3.63, 3.8) is 0 Å². The number of rotatable bonds is 4. The highest BCUT2D eigenvalue weighted by Crippen LogP contribution is 2.50. The molecule has 0 spiro atoms. The van der Waals surface area contributed by atoms with E-state index in [-0.39, 0.29) is 4.90 Å². The van der Waals surface area contributed by atoms with Gasteiger partial charge in [0.05, 0.1) is 22.0 Å². The number of carbonyl (C=O) groups is 1. The quantitative estimate of drug-likeness (QED) is 0.740. The molecule has 1 saturated carbocycles. The number of nitrogens with zero attached hydrogens (tertiary/aromatic N) is 1. The third kappa shape index (κ3) is 2.59. The van der Waals surface area contributed by atoms with Gasteiger partial charge in [-0.2, -0.15) is 5.10 Å². The fourth-order valence-electron chi connectivity index (χ4n) is 3.45. The average molecular weight is 369 g/mol. The number of sulfonamides is 1. The molecule has 2 aromatic carbocycles. The van der Waals surface area contributed by atoms with Crippen molar-refractivity contribution in [3.05, 3.63) is 59.3 Å². The number of aryl methyl sites for hydroxylation is 2. The van der Waals surface area contributed by atoms with Crippen LogP contribution in [0, 0.1) is 13.8 Å². The zero-order chi connectivity index (χ0) is 18.5. The highest BCUT2D eigenvalue weighted by atomic mass is 32.2. The Morgan fingerprint density at radius 2 is 1.96 bits per heavy atom. The molecule has 0 radical (unpaired) electrons. The topological polar surface area (TPSA) is 91.9 Å². The van der Waals surface area contributed by atoms with Crippen LogP contribution in [0.1, 0.15) is 29.5 Å². The van der Waals surface area contributed by atoms with Crippen LogP contribution in [0.4, 0.5) is 0 Å². The molecule has 0 aliphatic heterocycles. The van der Waals surface area contributed by atoms with E-state index in [1.165, 1.54) is 12.3 Å². The van der Waals surface area contributed by atoms with Crippen LogP contribution < -0.4 is 4.72 Å². The van der Waals surface area contributed by atoms with E-state index in [1.807, 2.05) is 32.0 Å². The molecule has 1 aromatic heterocycles. The number of aromatic amines is 1. The molecule has 1 fully saturated rings. The zero-order valence-corrected chi connectivity index (χ0v) is 15.4. The summed E-state index contributed by atoms with van der Waals surface area (Å²) in [5.41, 5.74) is 2.81. The summed E-state index contributed by atoms with van der Waals surface area (Å²) in [7, 11) is -3.99. The maximum Gasteiger partial charge on any atom is 0.264 e. The Morgan fingerprint density at radius 1 is 1.19 bits per heavy atom. The van der Waals surface area contributed by atoms with Crippen molar-refractivity contribution >= 4 is 26.8 Å². The summed E-state index contributed by atoms with van der Waals surface area (Å²) in [6, 6.07) is 10.8. The van der Waals surface area contributed by atoms with Gasteiger partial charge in [0.1, 0.15) is 0 Å². The first-order chi connectivity index (χ1) is 12.3. The van der Waals surface area contributed by atoms with Crippen molar-refractivity contribution in [2.75, 3.05) is 0 Å². The molecule has 2 N–H and O–H groups in total. The van der Waals surface area contributed by atoms with Crippen molar-refractivity contribution in [3.8, 4) is 0 Å². The Hall–Kier alpha value is -2.67. The maximum atomic E-state index is 12.9. The minimum absolute atomic E-state index is 0.0499. The summed E-state index contributed by atoms with van der Waals surface area (Å²) >= 11 is 0. The summed E-state index contributed by atoms with van der Waals surface area (Å²) in [6.07, 6.45) is 2.75. The number of hydrogen-bond acceptors (Lipinski definition) is 4. The van der Waals surface area contributed by atoms with Crippen LogP contribution in [0.25, 0.3) is 10.9 Å². The van der Waals surface area contributed by atoms with Crippen LogP contribution in [0.5, 0.6) is 0 Å². The minimum atomic E-state index is -3.99. The van der Waals surface area contributed by atoms with Gasteiger partial charge in [-0.15, -0.1) is 0 Å². The van der Waals surface area contributed by atoms with Gasteiger partial charge in [0, 0.05) is 5.39 Å². The predicted octanol–water partition coefficient (Wildman–Crippen LogP) is 2.72. The number of amides is 1. The third-order valence-electron chi connectivity index (χ3n) is 5.05. The lowest BCUT2D eigenvalue weighted by Crippen LogP contribution is -2.39. The fraction of sp³-hybridized carbons (Fsp3) is 0.263. The molecule has 4 rings (SSSR count). The summed E-state index contributed by atoms with van der Waals surface area (Å²) in [5, 5.41) is 7.09. The Labute approximate surface area is 151 Å². The van der Waals surface area contributed by atoms with Crippen LogP contribution in [0.15, 0.2) is 47.5 Å². The molecular formula is C19H19N3O3S. The normalized spacial score (nSPS) is 15.8. The average Bonchev–Trinajstić information content (AvgIpc) is 3.26. The standard InChI is InChI=1S/C19H19N3O3S/c1-12-6-7-13(2)15(10-12)19(8-9-19)18(23)22-26(24,25)17-5-3-4-16-14(17)11-20-21-16/h3-7,10-11H,8-9H2,1-2H3,(H,20,21)(H,22,23). The van der Waals surface area contributed by atoms with Crippen molar-refractivity contribution < 1.29 is 13.2 Å². The summed E-state index contributed by atoms with van der Waals surface area (Å²) < 4.78 is 28.0. The molecule has 0 bridgehead atoms. The van der Waals surface area contributed by atoms with Gasteiger partial charge < -0.3 is 0 Å². The Morgan fingerprint density at radius 3 is 2.69 bits per heavy atom. The fourth-order valence-corrected chi connectivity index (χ4v) is 4.70. The lowest BCUT2D eigenvalue weighted by molar-refractivity contribution is -0.121. The SMILES string of the molecule is Cc1ccc(C)c(C2(C(=O)NS(=O)(=O)c3cccc4[nH]ncc34)CC2)c1. The molecule has 1 aliphatic carbocycles. The third-order valence-corrected chi connectivity index (χ3v) is 6.44. The smallest absolute Gasteiger partial charge is 0.264 e. The Bertz CT molecular complexity index is 1130. The molecule has 0 saturated heterocycles. The second kappa shape index (κ2) is 5.67. The zero-order valence-electron chi connectivity index (χ0n) is 14.5. The molecule has 1 amide bonds. The van der Waals surface area contributed by atoms with Crippen LogP contribution in [0.2, 0.25) is 0 Å². The van der Waals surface area contributed by atoms with E-state index in [0.717, 1.165) is 16.7 Å². The van der Waals surface area contributed by atoms with E-state index in [0.29, 0.717) is 23.7 Å². The summed E-state index contributed by atoms with van der Waals surface area (Å²) in [6.45, 7) is 3.91. The Kier molecular flexibility index (Phi) is 3.66. The van der Waals surface area contributed by atoms with Crippen molar-refractivity contribution in [2.45, 2.75) is 37.0 Å². The number of H-pyrrole nitrogens is 1. The van der Waals surface area contributed by atoms with Gasteiger partial charge in [0.25, 0.3) is 10.0 Å². The second-order valence-electron chi connectivity index (χ2n) is 6.92. The van der Waals surface area contributed by atoms with Crippen molar-refractivity contribution in [1.82, 2.24) is 14.9 Å². The Balaban J connectivity index is 1.70. The molecular weight excluding hydrogens is 350 g/mol. The van der Waals surface area contributed by atoms with E-state index in [1.54, 1.807) is 12.1 Å². The van der Waals surface area contributed by atoms with Gasteiger partial charge in [-0.1, -0.05) is 29.8 Å². The van der Waals surface area contributed by atoms with Gasteiger partial charge in [-0.3, -0.25) is 9.89 Å². The highest BCUT2D eigenvalue weighted by Gasteiger charge is 2.53. The number of aromatic nitrogens is 2. The van der Waals surface area contributed by atoms with E-state index >= 15 is 0 Å². The first-order valence-corrected chi connectivity index (χ1v) is 9.89. The van der Waals surface area contributed by atoms with E-state index < -0.39 is 21.3 Å². The number of hydrogen-bond donors (Lipinski definition) is 2. The minimum Gasteiger partial charge on any atom is -0.278 e. The molecule has 6 nitrogen and oxygen atoms in total. The monoisotopic (exact) mass is 369 g/mol. The van der Waals surface area contributed by atoms with Crippen LogP contribution in [-0.4, -0.2) is 24.5 Å². The second-order valence-corrected chi connectivity index (χ2v) is 8.57. The van der Waals surface area contributed by atoms with E-state index in [4.69, 9.17) is 0 Å². The number of benzene rings is 2. The van der Waals surface area contributed by atoms with Crippen molar-refractivity contribution in [2.24, 2.45) is 0 Å². The molecule has 7 heteroatoms. The molecule has 1 aliphatic rings. The molecule has 3 aromatic rings. The van der Waals surface area contributed by atoms with Crippen LogP contribution in [0.3, 0.4) is 0 Å². The first-order valence-electron chi connectivity index (χ1n) is 8.41. The molecule has 26 heavy (non-hydrogen) atoms. The van der Waals surface area contributed by atoms with Crippen molar-refractivity contribution in [1.29, 1.82) is 0 Å². The molecule has 1 heterocycles. The van der Waals surface area contributed by atoms with Gasteiger partial charge in [0.15, 0.2) is 0 Å². The van der Waals surface area contributed by atoms with E-state index in [2.05, 4.69) is 14.9 Å². The van der Waals surface area contributed by atoms with Crippen LogP contribution in [-0.2, 0) is 20.2 Å². The molecule has 0 unspecified atom stereocenters. The number of carbonyl (C=O) groups excluding carboxylic acids is 1.